The summed E-state index contributed by atoms with van der Waals surface area (Å²) in [6.07, 6.45) is -0.451. The van der Waals surface area contributed by atoms with Crippen molar-refractivity contribution >= 4 is 16.5 Å². The zero-order valence-electron chi connectivity index (χ0n) is 16.2. The summed E-state index contributed by atoms with van der Waals surface area (Å²) in [6.45, 7) is 2.43. The number of halogens is 3. The van der Waals surface area contributed by atoms with Gasteiger partial charge in [-0.25, -0.2) is 4.98 Å². The molecule has 1 aromatic heterocycles. The van der Waals surface area contributed by atoms with E-state index < -0.39 is 11.7 Å². The van der Waals surface area contributed by atoms with Crippen LogP contribution in [0.15, 0.2) is 30.5 Å². The highest BCUT2D eigenvalue weighted by Crippen LogP contribution is 2.37. The number of alkyl halides is 3. The van der Waals surface area contributed by atoms with Crippen LogP contribution in [0.1, 0.15) is 28.8 Å². The maximum Gasteiger partial charge on any atom is 0.416 e. The van der Waals surface area contributed by atoms with Gasteiger partial charge < -0.3 is 10.0 Å². The van der Waals surface area contributed by atoms with Crippen LogP contribution in [0.5, 0.6) is 0 Å². The highest BCUT2D eigenvalue weighted by atomic mass is 32.1. The molecule has 0 amide bonds. The summed E-state index contributed by atoms with van der Waals surface area (Å²) in [5, 5.41) is 11.0. The molecular formula is C20H26F3N3OS. The molecule has 0 saturated carbocycles. The topological polar surface area (TPSA) is 39.6 Å². The van der Waals surface area contributed by atoms with E-state index in [1.165, 1.54) is 17.0 Å². The van der Waals surface area contributed by atoms with Crippen molar-refractivity contribution in [3.63, 3.8) is 0 Å². The number of anilines is 1. The van der Waals surface area contributed by atoms with E-state index in [0.29, 0.717) is 12.0 Å². The Morgan fingerprint density at radius 3 is 2.54 bits per heavy atom. The van der Waals surface area contributed by atoms with E-state index in [0.717, 1.165) is 43.7 Å². The van der Waals surface area contributed by atoms with Gasteiger partial charge in [0.15, 0.2) is 5.13 Å². The summed E-state index contributed by atoms with van der Waals surface area (Å²) in [7, 11) is 3.93. The van der Waals surface area contributed by atoms with Gasteiger partial charge in [-0.3, -0.25) is 4.90 Å². The van der Waals surface area contributed by atoms with Gasteiger partial charge in [0.25, 0.3) is 0 Å². The minimum Gasteiger partial charge on any atom is -0.396 e. The molecule has 1 fully saturated rings. The van der Waals surface area contributed by atoms with Crippen LogP contribution in [0.25, 0.3) is 0 Å². The van der Waals surface area contributed by atoms with E-state index in [-0.39, 0.29) is 12.0 Å². The van der Waals surface area contributed by atoms with Gasteiger partial charge >= 0.3 is 6.18 Å². The molecule has 0 radical (unpaired) electrons. The Morgan fingerprint density at radius 2 is 1.96 bits per heavy atom. The Balaban J connectivity index is 1.62. The van der Waals surface area contributed by atoms with Crippen molar-refractivity contribution in [1.82, 2.24) is 9.88 Å². The van der Waals surface area contributed by atoms with Crippen molar-refractivity contribution in [3.8, 4) is 0 Å². The first-order valence-corrected chi connectivity index (χ1v) is 10.1. The fourth-order valence-electron chi connectivity index (χ4n) is 3.66. The molecule has 0 spiro atoms. The summed E-state index contributed by atoms with van der Waals surface area (Å²) in [5.41, 5.74) is -0.351. The molecule has 1 N–H and O–H groups in total. The first-order chi connectivity index (χ1) is 13.2. The van der Waals surface area contributed by atoms with Crippen LogP contribution in [0, 0.1) is 5.41 Å². The van der Waals surface area contributed by atoms with Crippen molar-refractivity contribution in [2.45, 2.75) is 32.0 Å². The van der Waals surface area contributed by atoms with E-state index in [1.807, 2.05) is 25.2 Å². The maximum absolute atomic E-state index is 13.0. The zero-order chi connectivity index (χ0) is 20.4. The predicted molar refractivity (Wildman–Crippen MR) is 106 cm³/mol. The number of rotatable bonds is 6. The molecule has 154 valence electrons. The Morgan fingerprint density at radius 1 is 1.25 bits per heavy atom. The highest BCUT2D eigenvalue weighted by molar-refractivity contribution is 7.15. The second-order valence-electron chi connectivity index (χ2n) is 7.81. The van der Waals surface area contributed by atoms with Gasteiger partial charge in [-0.15, -0.1) is 11.3 Å². The van der Waals surface area contributed by atoms with Crippen molar-refractivity contribution in [2.24, 2.45) is 5.41 Å². The molecule has 28 heavy (non-hydrogen) atoms. The number of hydrogen-bond acceptors (Lipinski definition) is 5. The molecule has 1 saturated heterocycles. The molecular weight excluding hydrogens is 387 g/mol. The van der Waals surface area contributed by atoms with E-state index in [9.17, 15) is 18.3 Å². The van der Waals surface area contributed by atoms with E-state index in [4.69, 9.17) is 0 Å². The second kappa shape index (κ2) is 8.39. The molecule has 3 rings (SSSR count). The number of hydrogen-bond donors (Lipinski definition) is 1. The van der Waals surface area contributed by atoms with Gasteiger partial charge in [-0.05, 0) is 49.4 Å². The summed E-state index contributed by atoms with van der Waals surface area (Å²) in [5.74, 6) is 0. The Kier molecular flexibility index (Phi) is 6.31. The lowest BCUT2D eigenvalue weighted by Gasteiger charge is -2.41. The molecule has 0 unspecified atom stereocenters. The fraction of sp³-hybridized carbons (Fsp3) is 0.550. The van der Waals surface area contributed by atoms with Crippen molar-refractivity contribution in [1.29, 1.82) is 0 Å². The van der Waals surface area contributed by atoms with E-state index >= 15 is 0 Å². The number of benzene rings is 1. The SMILES string of the molecule is CN(C)c1ncc(CN2CCC(CO)(Cc3cccc(C(F)(F)F)c3)CC2)s1. The summed E-state index contributed by atoms with van der Waals surface area (Å²) < 4.78 is 38.9. The number of nitrogens with zero attached hydrogens (tertiary/aromatic N) is 3. The third-order valence-corrected chi connectivity index (χ3v) is 6.54. The molecule has 1 aliphatic rings. The standard InChI is InChI=1S/C20H26F3N3OS/c1-25(2)18-24-12-17(28-18)13-26-8-6-19(14-27,7-9-26)11-15-4-3-5-16(10-15)20(21,22)23/h3-5,10,12,27H,6-9,11,13-14H2,1-2H3. The first-order valence-electron chi connectivity index (χ1n) is 9.32. The highest BCUT2D eigenvalue weighted by Gasteiger charge is 2.35. The summed E-state index contributed by atoms with van der Waals surface area (Å²) >= 11 is 1.66. The predicted octanol–water partition coefficient (Wildman–Crippen LogP) is 4.05. The third kappa shape index (κ3) is 5.04. The van der Waals surface area contributed by atoms with Crippen LogP contribution in [-0.2, 0) is 19.1 Å². The van der Waals surface area contributed by atoms with Crippen LogP contribution in [0.2, 0.25) is 0 Å². The van der Waals surface area contributed by atoms with Gasteiger partial charge in [0.05, 0.1) is 5.56 Å². The number of aliphatic hydroxyl groups is 1. The molecule has 2 aromatic rings. The molecule has 0 atom stereocenters. The van der Waals surface area contributed by atoms with Crippen molar-refractivity contribution < 1.29 is 18.3 Å². The van der Waals surface area contributed by atoms with Gasteiger partial charge in [0, 0.05) is 38.3 Å². The minimum absolute atomic E-state index is 0.0115. The third-order valence-electron chi connectivity index (χ3n) is 5.39. The smallest absolute Gasteiger partial charge is 0.396 e. The number of likely N-dealkylation sites (tertiary alicyclic amines) is 1. The van der Waals surface area contributed by atoms with E-state index in [1.54, 1.807) is 17.4 Å². The zero-order valence-corrected chi connectivity index (χ0v) is 17.0. The fourth-order valence-corrected chi connectivity index (χ4v) is 4.54. The molecule has 4 nitrogen and oxygen atoms in total. The molecule has 1 aliphatic heterocycles. The van der Waals surface area contributed by atoms with Crippen LogP contribution < -0.4 is 4.90 Å². The molecule has 1 aromatic carbocycles. The second-order valence-corrected chi connectivity index (χ2v) is 8.91. The molecule has 2 heterocycles. The lowest BCUT2D eigenvalue weighted by atomic mass is 9.74. The van der Waals surface area contributed by atoms with Crippen LogP contribution in [0.3, 0.4) is 0 Å². The Labute approximate surface area is 167 Å². The molecule has 8 heteroatoms. The van der Waals surface area contributed by atoms with Crippen LogP contribution in [-0.4, -0.2) is 48.8 Å². The number of aromatic nitrogens is 1. The van der Waals surface area contributed by atoms with Gasteiger partial charge in [-0.2, -0.15) is 13.2 Å². The van der Waals surface area contributed by atoms with Crippen molar-refractivity contribution in [3.05, 3.63) is 46.5 Å². The van der Waals surface area contributed by atoms with Gasteiger partial charge in [-0.1, -0.05) is 18.2 Å². The number of aliphatic hydroxyl groups excluding tert-OH is 1. The first kappa shape index (κ1) is 21.1. The average molecular weight is 414 g/mol. The van der Waals surface area contributed by atoms with Crippen LogP contribution >= 0.6 is 11.3 Å². The summed E-state index contributed by atoms with van der Waals surface area (Å²) in [4.78, 5) is 9.90. The largest absolute Gasteiger partial charge is 0.416 e. The lowest BCUT2D eigenvalue weighted by Crippen LogP contribution is -2.42. The Hall–Kier alpha value is -1.64. The number of piperidine rings is 1. The van der Waals surface area contributed by atoms with Gasteiger partial charge in [0.2, 0.25) is 0 Å². The maximum atomic E-state index is 13.0. The minimum atomic E-state index is -4.34. The van der Waals surface area contributed by atoms with E-state index in [2.05, 4.69) is 9.88 Å². The van der Waals surface area contributed by atoms with Crippen LogP contribution in [0.4, 0.5) is 18.3 Å². The average Bonchev–Trinajstić information content (AvgIpc) is 3.12. The molecule has 0 bridgehead atoms. The van der Waals surface area contributed by atoms with Crippen molar-refractivity contribution in [2.75, 3.05) is 38.7 Å². The molecule has 0 aliphatic carbocycles. The number of thiazole rings is 1. The Bertz CT molecular complexity index is 783. The lowest BCUT2D eigenvalue weighted by molar-refractivity contribution is -0.137. The monoisotopic (exact) mass is 413 g/mol. The quantitative estimate of drug-likeness (QED) is 0.776. The van der Waals surface area contributed by atoms with Gasteiger partial charge in [0.1, 0.15) is 0 Å². The summed E-state index contributed by atoms with van der Waals surface area (Å²) in [6, 6.07) is 5.47. The normalized spacial score (nSPS) is 17.6.